The largest absolute Gasteiger partial charge is 0.508 e. The Hall–Kier alpha value is -1.06. The van der Waals surface area contributed by atoms with Crippen LogP contribution in [-0.4, -0.2) is 47.1 Å². The highest BCUT2D eigenvalue weighted by atomic mass is 16.3. The minimum atomic E-state index is 0.494. The monoisotopic (exact) mass is 274 g/mol. The van der Waals surface area contributed by atoms with Gasteiger partial charge in [0.05, 0.1) is 0 Å². The van der Waals surface area contributed by atoms with E-state index in [0.29, 0.717) is 17.8 Å². The van der Waals surface area contributed by atoms with Crippen LogP contribution < -0.4 is 0 Å². The normalized spacial score (nSPS) is 24.9. The number of hydrogen-bond acceptors (Lipinski definition) is 3. The van der Waals surface area contributed by atoms with Crippen LogP contribution >= 0.6 is 0 Å². The highest BCUT2D eigenvalue weighted by molar-refractivity contribution is 5.42. The standard InChI is InChI=1S/C17H26N2O/c1-13(2)18-9-11-19(12-10-18)16-7-3-6-15-14(16)5-4-8-17(15)20/h4-5,8,13,16,20H,3,6-7,9-12H2,1-2H3. The number of aromatic hydroxyl groups is 1. The van der Waals surface area contributed by atoms with Gasteiger partial charge < -0.3 is 5.11 Å². The zero-order chi connectivity index (χ0) is 14.1. The van der Waals surface area contributed by atoms with Crippen molar-refractivity contribution in [3.63, 3.8) is 0 Å². The van der Waals surface area contributed by atoms with Gasteiger partial charge in [-0.25, -0.2) is 0 Å². The second-order valence-electron chi connectivity index (χ2n) is 6.42. The van der Waals surface area contributed by atoms with Gasteiger partial charge in [-0.2, -0.15) is 0 Å². The summed E-state index contributed by atoms with van der Waals surface area (Å²) in [4.78, 5) is 5.18. The highest BCUT2D eigenvalue weighted by Crippen LogP contribution is 2.38. The maximum Gasteiger partial charge on any atom is 0.119 e. The molecule has 1 fully saturated rings. The van der Waals surface area contributed by atoms with Crippen molar-refractivity contribution >= 4 is 0 Å². The van der Waals surface area contributed by atoms with Gasteiger partial charge in [0.2, 0.25) is 0 Å². The predicted molar refractivity (Wildman–Crippen MR) is 82.1 cm³/mol. The van der Waals surface area contributed by atoms with E-state index in [0.717, 1.165) is 19.5 Å². The number of benzene rings is 1. The van der Waals surface area contributed by atoms with Crippen LogP contribution in [0.1, 0.15) is 43.9 Å². The molecule has 1 aromatic rings. The molecule has 2 aliphatic rings. The quantitative estimate of drug-likeness (QED) is 0.898. The molecule has 1 atom stereocenters. The van der Waals surface area contributed by atoms with Gasteiger partial charge in [0.25, 0.3) is 0 Å². The Balaban J connectivity index is 1.75. The summed E-state index contributed by atoms with van der Waals surface area (Å²) in [5.41, 5.74) is 2.56. The Morgan fingerprint density at radius 2 is 1.90 bits per heavy atom. The average Bonchev–Trinajstić information content (AvgIpc) is 2.47. The molecule has 1 heterocycles. The molecular formula is C17H26N2O. The third-order valence-electron chi connectivity index (χ3n) is 4.97. The van der Waals surface area contributed by atoms with Gasteiger partial charge in [-0.3, -0.25) is 9.80 Å². The van der Waals surface area contributed by atoms with Crippen molar-refractivity contribution in [1.82, 2.24) is 9.80 Å². The van der Waals surface area contributed by atoms with Gasteiger partial charge in [0.15, 0.2) is 0 Å². The first-order chi connectivity index (χ1) is 9.66. The Labute approximate surface area is 122 Å². The predicted octanol–water partition coefficient (Wildman–Crippen LogP) is 2.80. The van der Waals surface area contributed by atoms with E-state index in [1.54, 1.807) is 0 Å². The SMILES string of the molecule is CC(C)N1CCN(C2CCCc3c(O)cccc32)CC1. The molecule has 1 aromatic carbocycles. The smallest absolute Gasteiger partial charge is 0.119 e. The molecule has 0 aromatic heterocycles. The highest BCUT2D eigenvalue weighted by Gasteiger charge is 2.29. The lowest BCUT2D eigenvalue weighted by molar-refractivity contribution is 0.0715. The fourth-order valence-electron chi connectivity index (χ4n) is 3.75. The van der Waals surface area contributed by atoms with Gasteiger partial charge in [-0.15, -0.1) is 0 Å². The van der Waals surface area contributed by atoms with Gasteiger partial charge >= 0.3 is 0 Å². The van der Waals surface area contributed by atoms with Crippen LogP contribution in [0.5, 0.6) is 5.75 Å². The van der Waals surface area contributed by atoms with E-state index in [9.17, 15) is 5.11 Å². The first kappa shape index (κ1) is 13.9. The Kier molecular flexibility index (Phi) is 3.99. The van der Waals surface area contributed by atoms with E-state index in [-0.39, 0.29) is 0 Å². The van der Waals surface area contributed by atoms with Crippen LogP contribution in [0.15, 0.2) is 18.2 Å². The molecule has 3 rings (SSSR count). The summed E-state index contributed by atoms with van der Waals surface area (Å²) in [6.07, 6.45) is 3.46. The van der Waals surface area contributed by atoms with Crippen LogP contribution in [0.4, 0.5) is 0 Å². The van der Waals surface area contributed by atoms with Gasteiger partial charge in [0.1, 0.15) is 5.75 Å². The molecule has 0 spiro atoms. The lowest BCUT2D eigenvalue weighted by Crippen LogP contribution is -2.50. The maximum absolute atomic E-state index is 10.1. The van der Waals surface area contributed by atoms with Crippen molar-refractivity contribution in [1.29, 1.82) is 0 Å². The fraction of sp³-hybridized carbons (Fsp3) is 0.647. The molecule has 1 N–H and O–H groups in total. The molecule has 0 radical (unpaired) electrons. The molecule has 1 aliphatic heterocycles. The van der Waals surface area contributed by atoms with Gasteiger partial charge in [-0.1, -0.05) is 12.1 Å². The molecule has 1 aliphatic carbocycles. The zero-order valence-electron chi connectivity index (χ0n) is 12.7. The van der Waals surface area contributed by atoms with E-state index in [2.05, 4.69) is 29.7 Å². The van der Waals surface area contributed by atoms with Crippen molar-refractivity contribution in [2.75, 3.05) is 26.2 Å². The number of rotatable bonds is 2. The second kappa shape index (κ2) is 5.74. The number of piperazine rings is 1. The Morgan fingerprint density at radius 3 is 2.60 bits per heavy atom. The fourth-order valence-corrected chi connectivity index (χ4v) is 3.75. The topological polar surface area (TPSA) is 26.7 Å². The molecule has 0 saturated carbocycles. The van der Waals surface area contributed by atoms with Crippen molar-refractivity contribution in [2.24, 2.45) is 0 Å². The van der Waals surface area contributed by atoms with Gasteiger partial charge in [-0.05, 0) is 50.3 Å². The minimum absolute atomic E-state index is 0.494. The first-order valence-corrected chi connectivity index (χ1v) is 7.95. The maximum atomic E-state index is 10.1. The van der Waals surface area contributed by atoms with Crippen molar-refractivity contribution in [2.45, 2.75) is 45.2 Å². The van der Waals surface area contributed by atoms with E-state index < -0.39 is 0 Å². The lowest BCUT2D eigenvalue weighted by Gasteiger charge is -2.42. The summed E-state index contributed by atoms with van der Waals surface area (Å²) in [5.74, 6) is 0.494. The number of hydrogen-bond donors (Lipinski definition) is 1. The van der Waals surface area contributed by atoms with Crippen molar-refractivity contribution in [3.05, 3.63) is 29.3 Å². The molecular weight excluding hydrogens is 248 g/mol. The summed E-state index contributed by atoms with van der Waals surface area (Å²) in [6, 6.07) is 7.21. The zero-order valence-corrected chi connectivity index (χ0v) is 12.7. The lowest BCUT2D eigenvalue weighted by atomic mass is 9.86. The molecule has 1 unspecified atom stereocenters. The molecule has 0 bridgehead atoms. The Bertz CT molecular complexity index is 464. The van der Waals surface area contributed by atoms with E-state index in [4.69, 9.17) is 0 Å². The number of nitrogens with zero attached hydrogens (tertiary/aromatic N) is 2. The van der Waals surface area contributed by atoms with Crippen molar-refractivity contribution in [3.8, 4) is 5.75 Å². The minimum Gasteiger partial charge on any atom is -0.508 e. The van der Waals surface area contributed by atoms with Crippen molar-refractivity contribution < 1.29 is 5.11 Å². The molecule has 20 heavy (non-hydrogen) atoms. The summed E-state index contributed by atoms with van der Waals surface area (Å²) in [7, 11) is 0. The van der Waals surface area contributed by atoms with Crippen LogP contribution in [0, 0.1) is 0 Å². The third-order valence-corrected chi connectivity index (χ3v) is 4.97. The number of phenolic OH excluding ortho intramolecular Hbond substituents is 1. The van der Waals surface area contributed by atoms with Gasteiger partial charge in [0, 0.05) is 38.3 Å². The second-order valence-corrected chi connectivity index (χ2v) is 6.42. The number of phenols is 1. The van der Waals surface area contributed by atoms with Crippen LogP contribution in [0.25, 0.3) is 0 Å². The molecule has 3 nitrogen and oxygen atoms in total. The summed E-state index contributed by atoms with van der Waals surface area (Å²) in [5, 5.41) is 10.1. The summed E-state index contributed by atoms with van der Waals surface area (Å²) in [6.45, 7) is 9.20. The number of fused-ring (bicyclic) bond motifs is 1. The van der Waals surface area contributed by atoms with E-state index in [1.807, 2.05) is 12.1 Å². The third kappa shape index (κ3) is 2.57. The first-order valence-electron chi connectivity index (χ1n) is 7.95. The average molecular weight is 274 g/mol. The van der Waals surface area contributed by atoms with Crippen LogP contribution in [-0.2, 0) is 6.42 Å². The van der Waals surface area contributed by atoms with E-state index in [1.165, 1.54) is 37.1 Å². The van der Waals surface area contributed by atoms with E-state index >= 15 is 0 Å². The molecule has 3 heteroatoms. The molecule has 1 saturated heterocycles. The summed E-state index contributed by atoms with van der Waals surface area (Å²) >= 11 is 0. The Morgan fingerprint density at radius 1 is 1.15 bits per heavy atom. The molecule has 110 valence electrons. The summed E-state index contributed by atoms with van der Waals surface area (Å²) < 4.78 is 0. The van der Waals surface area contributed by atoms with Crippen LogP contribution in [0.3, 0.4) is 0 Å². The molecule has 0 amide bonds. The van der Waals surface area contributed by atoms with Crippen LogP contribution in [0.2, 0.25) is 0 Å².